The lowest BCUT2D eigenvalue weighted by Gasteiger charge is -2.07. The van der Waals surface area contributed by atoms with Crippen LogP contribution in [0.25, 0.3) is 0 Å². The number of carboxylic acid groups (broad SMARTS) is 1. The maximum Gasteiger partial charge on any atom is 0.335 e. The number of anilines is 1. The van der Waals surface area contributed by atoms with Gasteiger partial charge in [0.15, 0.2) is 0 Å². The van der Waals surface area contributed by atoms with Gasteiger partial charge >= 0.3 is 5.97 Å². The molecule has 20 heavy (non-hydrogen) atoms. The first-order valence-electron chi connectivity index (χ1n) is 5.43. The summed E-state index contributed by atoms with van der Waals surface area (Å²) in [4.78, 5) is 26.3. The van der Waals surface area contributed by atoms with Crippen molar-refractivity contribution in [1.29, 1.82) is 0 Å². The Morgan fingerprint density at radius 1 is 1.25 bits per heavy atom. The van der Waals surface area contributed by atoms with E-state index in [1.807, 2.05) is 0 Å². The minimum Gasteiger partial charge on any atom is -0.478 e. The van der Waals surface area contributed by atoms with Crippen molar-refractivity contribution < 1.29 is 19.1 Å². The molecule has 1 aromatic carbocycles. The summed E-state index contributed by atoms with van der Waals surface area (Å²) in [5, 5.41) is 11.5. The summed E-state index contributed by atoms with van der Waals surface area (Å²) in [6.45, 7) is 0. The Balaban J connectivity index is 2.25. The van der Waals surface area contributed by atoms with Gasteiger partial charge in [-0.3, -0.25) is 4.79 Å². The van der Waals surface area contributed by atoms with E-state index in [2.05, 4.69) is 10.3 Å². The Morgan fingerprint density at radius 2 is 2.00 bits per heavy atom. The van der Waals surface area contributed by atoms with Gasteiger partial charge in [-0.05, 0) is 30.3 Å². The molecule has 7 heteroatoms. The summed E-state index contributed by atoms with van der Waals surface area (Å²) in [7, 11) is 0. The molecule has 0 fully saturated rings. The van der Waals surface area contributed by atoms with E-state index < -0.39 is 17.7 Å². The van der Waals surface area contributed by atoms with Crippen LogP contribution in [0.1, 0.15) is 20.8 Å². The third-order valence-corrected chi connectivity index (χ3v) is 2.75. The van der Waals surface area contributed by atoms with Crippen LogP contribution in [0.4, 0.5) is 10.1 Å². The zero-order valence-corrected chi connectivity index (χ0v) is 10.7. The predicted molar refractivity (Wildman–Crippen MR) is 70.6 cm³/mol. The van der Waals surface area contributed by atoms with Crippen LogP contribution >= 0.6 is 11.6 Å². The number of pyridine rings is 1. The third-order valence-electron chi connectivity index (χ3n) is 2.42. The standard InChI is InChI=1S/C13H8ClFN2O3/c14-9-3-1-7(13(19)20)5-11(9)17-12(18)10-4-2-8(15)6-16-10/h1-6H,(H,17,18)(H,19,20). The fourth-order valence-corrected chi connectivity index (χ4v) is 1.62. The molecule has 0 unspecified atom stereocenters. The topological polar surface area (TPSA) is 79.3 Å². The van der Waals surface area contributed by atoms with Crippen LogP contribution in [0, 0.1) is 5.82 Å². The highest BCUT2D eigenvalue weighted by atomic mass is 35.5. The maximum absolute atomic E-state index is 12.7. The van der Waals surface area contributed by atoms with Crippen LogP contribution in [0.5, 0.6) is 0 Å². The number of nitrogens with zero attached hydrogens (tertiary/aromatic N) is 1. The van der Waals surface area contributed by atoms with E-state index in [-0.39, 0.29) is 22.0 Å². The number of hydrogen-bond acceptors (Lipinski definition) is 3. The molecule has 2 rings (SSSR count). The zero-order valence-electron chi connectivity index (χ0n) is 9.93. The molecule has 102 valence electrons. The van der Waals surface area contributed by atoms with Crippen LogP contribution < -0.4 is 5.32 Å². The maximum atomic E-state index is 12.7. The molecule has 2 N–H and O–H groups in total. The molecule has 0 radical (unpaired) electrons. The second-order valence-corrected chi connectivity index (χ2v) is 4.22. The van der Waals surface area contributed by atoms with E-state index in [0.717, 1.165) is 12.3 Å². The zero-order chi connectivity index (χ0) is 14.7. The number of nitrogens with one attached hydrogen (secondary N) is 1. The molecule has 0 saturated carbocycles. The second-order valence-electron chi connectivity index (χ2n) is 3.82. The monoisotopic (exact) mass is 294 g/mol. The van der Waals surface area contributed by atoms with Gasteiger partial charge in [0.1, 0.15) is 11.5 Å². The number of carboxylic acids is 1. The van der Waals surface area contributed by atoms with Crippen LogP contribution in [0.3, 0.4) is 0 Å². The lowest BCUT2D eigenvalue weighted by Crippen LogP contribution is -2.14. The third kappa shape index (κ3) is 3.10. The van der Waals surface area contributed by atoms with Crippen molar-refractivity contribution in [3.63, 3.8) is 0 Å². The van der Waals surface area contributed by atoms with Gasteiger partial charge in [-0.1, -0.05) is 11.6 Å². The van der Waals surface area contributed by atoms with Gasteiger partial charge < -0.3 is 10.4 Å². The molecular weight excluding hydrogens is 287 g/mol. The number of rotatable bonds is 3. The average molecular weight is 295 g/mol. The summed E-state index contributed by atoms with van der Waals surface area (Å²) in [6.07, 6.45) is 0.907. The summed E-state index contributed by atoms with van der Waals surface area (Å²) >= 11 is 5.87. The van der Waals surface area contributed by atoms with E-state index in [4.69, 9.17) is 16.7 Å². The number of carbonyl (C=O) groups is 2. The van der Waals surface area contributed by atoms with Gasteiger partial charge in [0.2, 0.25) is 0 Å². The van der Waals surface area contributed by atoms with Gasteiger partial charge in [-0.15, -0.1) is 0 Å². The molecule has 0 aliphatic rings. The number of hydrogen-bond donors (Lipinski definition) is 2. The van der Waals surface area contributed by atoms with E-state index >= 15 is 0 Å². The summed E-state index contributed by atoms with van der Waals surface area (Å²) < 4.78 is 12.7. The fraction of sp³-hybridized carbons (Fsp3) is 0. The molecule has 1 aromatic heterocycles. The smallest absolute Gasteiger partial charge is 0.335 e. The highest BCUT2D eigenvalue weighted by Gasteiger charge is 2.12. The van der Waals surface area contributed by atoms with Gasteiger partial charge in [0, 0.05) is 0 Å². The lowest BCUT2D eigenvalue weighted by molar-refractivity contribution is 0.0696. The summed E-state index contributed by atoms with van der Waals surface area (Å²) in [5.41, 5.74) is 0.114. The van der Waals surface area contributed by atoms with Crippen molar-refractivity contribution in [1.82, 2.24) is 4.98 Å². The predicted octanol–water partition coefficient (Wildman–Crippen LogP) is 2.82. The lowest BCUT2D eigenvalue weighted by atomic mass is 10.2. The average Bonchev–Trinajstić information content (AvgIpc) is 2.41. The summed E-state index contributed by atoms with van der Waals surface area (Å²) in [5.74, 6) is -2.32. The Hall–Kier alpha value is -2.47. The Bertz CT molecular complexity index is 674. The molecule has 0 aliphatic carbocycles. The fourth-order valence-electron chi connectivity index (χ4n) is 1.45. The van der Waals surface area contributed by atoms with Gasteiger partial charge in [-0.25, -0.2) is 14.2 Å². The second kappa shape index (κ2) is 5.66. The van der Waals surface area contributed by atoms with E-state index in [0.29, 0.717) is 0 Å². The van der Waals surface area contributed by atoms with Crippen LogP contribution in [-0.2, 0) is 0 Å². The number of benzene rings is 1. The van der Waals surface area contributed by atoms with Crippen molar-refractivity contribution in [2.75, 3.05) is 5.32 Å². The summed E-state index contributed by atoms with van der Waals surface area (Å²) in [6, 6.07) is 6.21. The molecule has 0 saturated heterocycles. The van der Waals surface area contributed by atoms with Crippen molar-refractivity contribution >= 4 is 29.2 Å². The van der Waals surface area contributed by atoms with Gasteiger partial charge in [0.05, 0.1) is 22.5 Å². The highest BCUT2D eigenvalue weighted by Crippen LogP contribution is 2.23. The number of halogens is 2. The van der Waals surface area contributed by atoms with Crippen molar-refractivity contribution in [3.8, 4) is 0 Å². The van der Waals surface area contributed by atoms with Crippen molar-refractivity contribution in [3.05, 3.63) is 58.6 Å². The Labute approximate surface area is 118 Å². The van der Waals surface area contributed by atoms with Crippen molar-refractivity contribution in [2.24, 2.45) is 0 Å². The first kappa shape index (κ1) is 14.0. The molecule has 0 aliphatic heterocycles. The van der Waals surface area contributed by atoms with E-state index in [1.54, 1.807) is 0 Å². The molecule has 0 atom stereocenters. The van der Waals surface area contributed by atoms with Gasteiger partial charge in [0.25, 0.3) is 5.91 Å². The molecule has 0 bridgehead atoms. The van der Waals surface area contributed by atoms with E-state index in [1.165, 1.54) is 24.3 Å². The largest absolute Gasteiger partial charge is 0.478 e. The van der Waals surface area contributed by atoms with E-state index in [9.17, 15) is 14.0 Å². The molecular formula is C13H8ClFN2O3. The Kier molecular flexibility index (Phi) is 3.95. The molecule has 2 aromatic rings. The van der Waals surface area contributed by atoms with Gasteiger partial charge in [-0.2, -0.15) is 0 Å². The molecule has 1 heterocycles. The molecule has 0 spiro atoms. The van der Waals surface area contributed by atoms with Crippen LogP contribution in [0.2, 0.25) is 5.02 Å². The van der Waals surface area contributed by atoms with Crippen LogP contribution in [-0.4, -0.2) is 22.0 Å². The minimum absolute atomic E-state index is 0.0109. The molecule has 1 amide bonds. The Morgan fingerprint density at radius 3 is 2.60 bits per heavy atom. The first-order chi connectivity index (χ1) is 9.47. The SMILES string of the molecule is O=C(O)c1ccc(Cl)c(NC(=O)c2ccc(F)cn2)c1. The molecule has 5 nitrogen and oxygen atoms in total. The van der Waals surface area contributed by atoms with Crippen molar-refractivity contribution in [2.45, 2.75) is 0 Å². The first-order valence-corrected chi connectivity index (χ1v) is 5.81. The quantitative estimate of drug-likeness (QED) is 0.912. The number of aromatic carboxylic acids is 1. The number of carbonyl (C=O) groups excluding carboxylic acids is 1. The normalized spacial score (nSPS) is 10.1. The highest BCUT2D eigenvalue weighted by molar-refractivity contribution is 6.34. The number of aromatic nitrogens is 1. The number of amides is 1. The van der Waals surface area contributed by atoms with Crippen LogP contribution in [0.15, 0.2) is 36.5 Å². The minimum atomic E-state index is -1.14.